The van der Waals surface area contributed by atoms with Gasteiger partial charge in [0, 0.05) is 13.5 Å². The molecule has 0 bridgehead atoms. The summed E-state index contributed by atoms with van der Waals surface area (Å²) in [6, 6.07) is 0. The Morgan fingerprint density at radius 3 is 2.22 bits per heavy atom. The van der Waals surface area contributed by atoms with Gasteiger partial charge in [0.2, 0.25) is 5.96 Å². The van der Waals surface area contributed by atoms with Gasteiger partial charge in [-0.25, -0.2) is 0 Å². The first-order valence-electron chi connectivity index (χ1n) is 6.90. The van der Waals surface area contributed by atoms with Crippen LogP contribution >= 0.6 is 0 Å². The van der Waals surface area contributed by atoms with E-state index in [2.05, 4.69) is 22.2 Å². The van der Waals surface area contributed by atoms with Crippen LogP contribution in [-0.2, 0) is 9.63 Å². The van der Waals surface area contributed by atoms with Crippen molar-refractivity contribution in [1.29, 1.82) is 0 Å². The van der Waals surface area contributed by atoms with E-state index in [1.54, 1.807) is 0 Å². The molecule has 0 rings (SSSR count). The summed E-state index contributed by atoms with van der Waals surface area (Å²) in [6.45, 7) is 4.21. The van der Waals surface area contributed by atoms with Crippen molar-refractivity contribution < 1.29 is 9.63 Å². The van der Waals surface area contributed by atoms with Gasteiger partial charge in [-0.1, -0.05) is 51.9 Å². The van der Waals surface area contributed by atoms with Crippen molar-refractivity contribution in [2.45, 2.75) is 65.2 Å². The normalized spacial score (nSPS) is 11.3. The van der Waals surface area contributed by atoms with Crippen molar-refractivity contribution in [2.75, 3.05) is 6.54 Å². The topological polar surface area (TPSA) is 76.7 Å². The number of unbranched alkanes of at least 4 members (excludes halogenated alkanes) is 7. The Bertz CT molecular complexity index is 242. The lowest BCUT2D eigenvalue weighted by Crippen LogP contribution is -2.33. The molecule has 0 atom stereocenters. The van der Waals surface area contributed by atoms with Crippen molar-refractivity contribution in [1.82, 2.24) is 5.48 Å². The number of guanidine groups is 1. The first-order chi connectivity index (χ1) is 8.66. The molecule has 0 unspecified atom stereocenters. The van der Waals surface area contributed by atoms with Crippen LogP contribution in [0.25, 0.3) is 0 Å². The molecule has 5 heteroatoms. The van der Waals surface area contributed by atoms with Crippen LogP contribution in [0.1, 0.15) is 65.2 Å². The quantitative estimate of drug-likeness (QED) is 0.288. The van der Waals surface area contributed by atoms with Gasteiger partial charge in [0.05, 0.1) is 0 Å². The van der Waals surface area contributed by atoms with E-state index in [0.717, 1.165) is 6.42 Å². The SMILES string of the molecule is CCCCCCCCCCN=C(N)NOC(C)=O. The summed E-state index contributed by atoms with van der Waals surface area (Å²) < 4.78 is 0. The minimum atomic E-state index is -0.430. The van der Waals surface area contributed by atoms with Crippen molar-refractivity contribution in [3.8, 4) is 0 Å². The molecule has 0 fully saturated rings. The summed E-state index contributed by atoms with van der Waals surface area (Å²) in [7, 11) is 0. The van der Waals surface area contributed by atoms with Gasteiger partial charge in [-0.05, 0) is 6.42 Å². The third-order valence-electron chi connectivity index (χ3n) is 2.59. The first-order valence-corrected chi connectivity index (χ1v) is 6.90. The lowest BCUT2D eigenvalue weighted by atomic mass is 10.1. The number of nitrogens with one attached hydrogen (secondary N) is 1. The Morgan fingerprint density at radius 1 is 1.11 bits per heavy atom. The van der Waals surface area contributed by atoms with Gasteiger partial charge in [0.15, 0.2) is 0 Å². The van der Waals surface area contributed by atoms with E-state index in [4.69, 9.17) is 5.73 Å². The van der Waals surface area contributed by atoms with Gasteiger partial charge in [0.1, 0.15) is 0 Å². The minimum absolute atomic E-state index is 0.160. The minimum Gasteiger partial charge on any atom is -0.368 e. The number of aliphatic imine (C=N–C) groups is 1. The number of rotatable bonds is 9. The first kappa shape index (κ1) is 16.7. The van der Waals surface area contributed by atoms with Gasteiger partial charge in [-0.15, -0.1) is 0 Å². The van der Waals surface area contributed by atoms with Crippen LogP contribution < -0.4 is 11.2 Å². The largest absolute Gasteiger partial charge is 0.368 e. The number of hydroxylamine groups is 1. The smallest absolute Gasteiger partial charge is 0.329 e. The molecule has 0 heterocycles. The van der Waals surface area contributed by atoms with Crippen molar-refractivity contribution in [2.24, 2.45) is 10.7 Å². The molecule has 106 valence electrons. The lowest BCUT2D eigenvalue weighted by Gasteiger charge is -2.03. The Kier molecular flexibility index (Phi) is 11.3. The second kappa shape index (κ2) is 12.2. The van der Waals surface area contributed by atoms with E-state index in [9.17, 15) is 4.79 Å². The average molecular weight is 257 g/mol. The maximum Gasteiger partial charge on any atom is 0.329 e. The maximum absolute atomic E-state index is 10.5. The maximum atomic E-state index is 10.5. The molecule has 0 aliphatic heterocycles. The molecular formula is C13H27N3O2. The summed E-state index contributed by atoms with van der Waals surface area (Å²) in [5.41, 5.74) is 7.76. The van der Waals surface area contributed by atoms with Crippen LogP contribution in [-0.4, -0.2) is 18.5 Å². The number of hydrogen-bond acceptors (Lipinski definition) is 3. The van der Waals surface area contributed by atoms with Crippen LogP contribution in [0.3, 0.4) is 0 Å². The molecule has 0 spiro atoms. The molecule has 0 amide bonds. The molecule has 5 nitrogen and oxygen atoms in total. The second-order valence-corrected chi connectivity index (χ2v) is 4.44. The predicted molar refractivity (Wildman–Crippen MR) is 74.0 cm³/mol. The van der Waals surface area contributed by atoms with E-state index in [1.807, 2.05) is 0 Å². The van der Waals surface area contributed by atoms with Gasteiger partial charge in [-0.3, -0.25) is 9.79 Å². The fraction of sp³-hybridized carbons (Fsp3) is 0.846. The van der Waals surface area contributed by atoms with Gasteiger partial charge < -0.3 is 10.6 Å². The molecule has 0 aromatic carbocycles. The van der Waals surface area contributed by atoms with Crippen LogP contribution in [0, 0.1) is 0 Å². The van der Waals surface area contributed by atoms with Crippen LogP contribution in [0.4, 0.5) is 0 Å². The van der Waals surface area contributed by atoms with Crippen LogP contribution in [0.2, 0.25) is 0 Å². The van der Waals surface area contributed by atoms with E-state index < -0.39 is 5.97 Å². The average Bonchev–Trinajstić information content (AvgIpc) is 2.34. The highest BCUT2D eigenvalue weighted by molar-refractivity contribution is 5.78. The summed E-state index contributed by atoms with van der Waals surface area (Å²) >= 11 is 0. The Balaban J connectivity index is 3.27. The monoisotopic (exact) mass is 257 g/mol. The summed E-state index contributed by atoms with van der Waals surface area (Å²) in [5, 5.41) is 0. The molecule has 0 aromatic heterocycles. The number of carbonyl (C=O) groups is 1. The van der Waals surface area contributed by atoms with Gasteiger partial charge in [-0.2, -0.15) is 5.48 Å². The molecule has 0 aliphatic rings. The number of nitrogens with zero attached hydrogens (tertiary/aromatic N) is 1. The van der Waals surface area contributed by atoms with Crippen molar-refractivity contribution >= 4 is 11.9 Å². The number of carbonyl (C=O) groups excluding carboxylic acids is 1. The van der Waals surface area contributed by atoms with Gasteiger partial charge >= 0.3 is 5.97 Å². The van der Waals surface area contributed by atoms with Gasteiger partial charge in [0.25, 0.3) is 0 Å². The zero-order valence-electron chi connectivity index (χ0n) is 11.7. The Labute approximate surface area is 110 Å². The highest BCUT2D eigenvalue weighted by Gasteiger charge is 1.95. The molecule has 18 heavy (non-hydrogen) atoms. The fourth-order valence-corrected chi connectivity index (χ4v) is 1.60. The molecule has 0 saturated heterocycles. The van der Waals surface area contributed by atoms with E-state index in [1.165, 1.54) is 51.9 Å². The zero-order valence-corrected chi connectivity index (χ0v) is 11.7. The van der Waals surface area contributed by atoms with Crippen LogP contribution in [0.5, 0.6) is 0 Å². The third-order valence-corrected chi connectivity index (χ3v) is 2.59. The lowest BCUT2D eigenvalue weighted by molar-refractivity contribution is -0.145. The van der Waals surface area contributed by atoms with E-state index in [0.29, 0.717) is 6.54 Å². The molecule has 0 radical (unpaired) electrons. The molecule has 3 N–H and O–H groups in total. The number of nitrogens with two attached hydrogens (primary N) is 1. The predicted octanol–water partition coefficient (Wildman–Crippen LogP) is 2.51. The zero-order chi connectivity index (χ0) is 13.6. The third kappa shape index (κ3) is 12.8. The molecule has 0 aliphatic carbocycles. The summed E-state index contributed by atoms with van der Waals surface area (Å²) in [4.78, 5) is 19.0. The Hall–Kier alpha value is -1.26. The summed E-state index contributed by atoms with van der Waals surface area (Å²) in [6.07, 6.45) is 10.1. The van der Waals surface area contributed by atoms with Crippen molar-refractivity contribution in [3.05, 3.63) is 0 Å². The summed E-state index contributed by atoms with van der Waals surface area (Å²) in [5.74, 6) is -0.270. The Morgan fingerprint density at radius 2 is 1.67 bits per heavy atom. The fourth-order valence-electron chi connectivity index (χ4n) is 1.60. The highest BCUT2D eigenvalue weighted by atomic mass is 16.7. The van der Waals surface area contributed by atoms with E-state index in [-0.39, 0.29) is 5.96 Å². The molecule has 0 aromatic rings. The molecule has 0 saturated carbocycles. The standard InChI is InChI=1S/C13H27N3O2/c1-3-4-5-6-7-8-9-10-11-15-13(14)16-18-12(2)17/h3-11H2,1-2H3,(H3,14,15,16). The molecular weight excluding hydrogens is 230 g/mol. The second-order valence-electron chi connectivity index (χ2n) is 4.44. The van der Waals surface area contributed by atoms with Crippen molar-refractivity contribution in [3.63, 3.8) is 0 Å². The van der Waals surface area contributed by atoms with Crippen LogP contribution in [0.15, 0.2) is 4.99 Å². The highest BCUT2D eigenvalue weighted by Crippen LogP contribution is 2.08. The van der Waals surface area contributed by atoms with E-state index >= 15 is 0 Å². The number of hydrogen-bond donors (Lipinski definition) is 2.